The Bertz CT molecular complexity index is 2700. The van der Waals surface area contributed by atoms with Crippen LogP contribution in [0.2, 0.25) is 0 Å². The highest BCUT2D eigenvalue weighted by Crippen LogP contribution is 2.41. The normalized spacial score (nSPS) is 9.94. The molecule has 10 heteroatoms. The van der Waals surface area contributed by atoms with E-state index in [0.29, 0.717) is 17.4 Å². The van der Waals surface area contributed by atoms with E-state index in [1.54, 1.807) is 31.2 Å². The average molecular weight is 846 g/mol. The van der Waals surface area contributed by atoms with E-state index in [0.717, 1.165) is 72.1 Å². The van der Waals surface area contributed by atoms with Crippen molar-refractivity contribution in [1.29, 1.82) is 0 Å². The van der Waals surface area contributed by atoms with Crippen molar-refractivity contribution in [3.8, 4) is 44.9 Å². The van der Waals surface area contributed by atoms with Crippen LogP contribution in [0.15, 0.2) is 164 Å². The second-order valence-corrected chi connectivity index (χ2v) is 14.9. The monoisotopic (exact) mass is 845 g/mol. The van der Waals surface area contributed by atoms with E-state index in [9.17, 15) is 14.4 Å². The zero-order chi connectivity index (χ0) is 46.6. The molecular formula is C53H51NO9. The number of hydrogen-bond donors (Lipinski definition) is 1. The molecule has 0 saturated heterocycles. The summed E-state index contributed by atoms with van der Waals surface area (Å²) in [7, 11) is 1.89. The van der Waals surface area contributed by atoms with Crippen LogP contribution in [-0.4, -0.2) is 25.1 Å². The van der Waals surface area contributed by atoms with E-state index in [4.69, 9.17) is 28.0 Å². The standard InChI is InChI=1S/2C20H14O2.C6H13N.C5H10O.2CO2/c2*1-13-7-9-16-18(11-13)22-19-12-15(21)8-10-17(19)20(16)14-5-3-2-4-6-14;1-5(2)6(3)7-4;1-4(2)5(3)6;2*2-1-3/h2*2-12H,1H3;5,7H,3H2,1-2,4H3;4H,1-3H3;;. The number of nitrogens with one attached hydrogen (secondary N) is 1. The van der Waals surface area contributed by atoms with Crippen LogP contribution in [0.4, 0.5) is 0 Å². The van der Waals surface area contributed by atoms with Gasteiger partial charge in [-0.25, -0.2) is 0 Å². The summed E-state index contributed by atoms with van der Waals surface area (Å²) in [5.41, 5.74) is 11.3. The Kier molecular flexibility index (Phi) is 19.3. The second kappa shape index (κ2) is 24.5. The first-order chi connectivity index (χ1) is 30.1. The van der Waals surface area contributed by atoms with Gasteiger partial charge in [-0.3, -0.25) is 14.4 Å². The molecule has 4 aromatic rings. The van der Waals surface area contributed by atoms with Crippen molar-refractivity contribution in [2.24, 2.45) is 11.8 Å². The van der Waals surface area contributed by atoms with Gasteiger partial charge < -0.3 is 14.2 Å². The topological polar surface area (TPSA) is 158 Å². The lowest BCUT2D eigenvalue weighted by atomic mass is 9.93. The van der Waals surface area contributed by atoms with Crippen molar-refractivity contribution in [1.82, 2.24) is 5.32 Å². The van der Waals surface area contributed by atoms with E-state index in [1.165, 1.54) is 0 Å². The van der Waals surface area contributed by atoms with Gasteiger partial charge >= 0.3 is 12.3 Å². The Morgan fingerprint density at radius 3 is 1.19 bits per heavy atom. The smallest absolute Gasteiger partial charge is 0.373 e. The summed E-state index contributed by atoms with van der Waals surface area (Å²) in [6.07, 6.45) is 0.500. The lowest BCUT2D eigenvalue weighted by Crippen LogP contribution is -2.09. The first-order valence-electron chi connectivity index (χ1n) is 20.0. The van der Waals surface area contributed by atoms with Crippen molar-refractivity contribution < 1.29 is 32.8 Å². The van der Waals surface area contributed by atoms with E-state index in [1.807, 2.05) is 95.4 Å². The fourth-order valence-corrected chi connectivity index (χ4v) is 6.08. The van der Waals surface area contributed by atoms with Gasteiger partial charge in [0.15, 0.2) is 10.9 Å². The third-order valence-corrected chi connectivity index (χ3v) is 9.65. The van der Waals surface area contributed by atoms with Gasteiger partial charge in [-0.1, -0.05) is 119 Å². The minimum Gasteiger partial charge on any atom is -0.456 e. The van der Waals surface area contributed by atoms with Gasteiger partial charge in [0.05, 0.1) is 0 Å². The van der Waals surface area contributed by atoms with Crippen molar-refractivity contribution in [3.63, 3.8) is 0 Å². The predicted molar refractivity (Wildman–Crippen MR) is 247 cm³/mol. The molecule has 0 bridgehead atoms. The minimum absolute atomic E-state index is 0.0396. The molecule has 63 heavy (non-hydrogen) atoms. The maximum Gasteiger partial charge on any atom is 0.373 e. The van der Waals surface area contributed by atoms with E-state index in [-0.39, 0.29) is 34.9 Å². The van der Waals surface area contributed by atoms with Gasteiger partial charge in [-0.15, -0.1) is 0 Å². The Morgan fingerprint density at radius 1 is 0.556 bits per heavy atom. The summed E-state index contributed by atoms with van der Waals surface area (Å²) in [4.78, 5) is 66.0. The summed E-state index contributed by atoms with van der Waals surface area (Å²) < 4.78 is 11.9. The van der Waals surface area contributed by atoms with Crippen LogP contribution in [-0.2, 0) is 24.0 Å². The molecule has 0 amide bonds. The fraction of sp³-hybridized carbons (Fsp3) is 0.189. The number of hydrogen-bond acceptors (Lipinski definition) is 10. The van der Waals surface area contributed by atoms with Crippen LogP contribution in [0, 0.1) is 25.7 Å². The van der Waals surface area contributed by atoms with Crippen molar-refractivity contribution >= 4 is 40.0 Å². The maximum atomic E-state index is 11.7. The number of allylic oxidation sites excluding steroid dienone is 1. The number of carbonyl (C=O) groups is 1. The summed E-state index contributed by atoms with van der Waals surface area (Å²) >= 11 is 0. The Labute approximate surface area is 366 Å². The predicted octanol–water partition coefficient (Wildman–Crippen LogP) is 11.2. The van der Waals surface area contributed by atoms with E-state index >= 15 is 0 Å². The van der Waals surface area contributed by atoms with Crippen LogP contribution in [0.1, 0.15) is 45.7 Å². The molecule has 1 N–H and O–H groups in total. The molecule has 10 nitrogen and oxygen atoms in total. The highest BCUT2D eigenvalue weighted by molar-refractivity contribution is 6.03. The van der Waals surface area contributed by atoms with Crippen LogP contribution in [0.5, 0.6) is 0 Å². The summed E-state index contributed by atoms with van der Waals surface area (Å²) in [5, 5.41) is 5.09. The van der Waals surface area contributed by atoms with Crippen molar-refractivity contribution in [2.75, 3.05) is 7.05 Å². The Morgan fingerprint density at radius 2 is 0.905 bits per heavy atom. The Balaban J connectivity index is 0.000000241. The molecule has 0 radical (unpaired) electrons. The van der Waals surface area contributed by atoms with Crippen molar-refractivity contribution in [2.45, 2.75) is 48.5 Å². The van der Waals surface area contributed by atoms with Gasteiger partial charge in [0.1, 0.15) is 28.5 Å². The SMILES string of the molecule is C=C(NC)C(C)C.CC(=O)C(C)C.Cc1ccc2c(-c3ccccc3)c3ccc(=O)cc-3oc2c1.Cc1ccc2c(-c3ccccc3)c3ccc(=O)cc-3oc2c1.O=C=O.O=C=O. The fourth-order valence-electron chi connectivity index (χ4n) is 6.08. The third kappa shape index (κ3) is 14.2. The average Bonchev–Trinajstić information content (AvgIpc) is 3.26. The summed E-state index contributed by atoms with van der Waals surface area (Å²) in [5.74, 6) is 2.29. The largest absolute Gasteiger partial charge is 0.456 e. The van der Waals surface area contributed by atoms with Crippen LogP contribution < -0.4 is 16.2 Å². The first kappa shape index (κ1) is 49.6. The summed E-state index contributed by atoms with van der Waals surface area (Å²) in [6, 6.07) is 42.8. The zero-order valence-corrected chi connectivity index (χ0v) is 36.7. The number of benzene rings is 6. The first-order valence-corrected chi connectivity index (χ1v) is 20.0. The highest BCUT2D eigenvalue weighted by atomic mass is 16.3. The third-order valence-electron chi connectivity index (χ3n) is 9.65. The number of fused-ring (bicyclic) bond motifs is 4. The molecule has 2 heterocycles. The van der Waals surface area contributed by atoms with Crippen LogP contribution in [0.25, 0.3) is 66.8 Å². The van der Waals surface area contributed by atoms with Gasteiger partial charge in [0.2, 0.25) is 0 Å². The molecule has 322 valence electrons. The molecule has 0 unspecified atom stereocenters. The Hall–Kier alpha value is -7.77. The minimum atomic E-state index is -0.0396. The lowest BCUT2D eigenvalue weighted by molar-refractivity contribution is -0.193. The van der Waals surface area contributed by atoms with Crippen LogP contribution >= 0.6 is 0 Å². The van der Waals surface area contributed by atoms with E-state index in [2.05, 4.69) is 74.3 Å². The molecule has 0 fully saturated rings. The number of carbonyl (C=O) groups excluding carboxylic acids is 5. The molecule has 0 aromatic heterocycles. The van der Waals surface area contributed by atoms with Crippen LogP contribution in [0.3, 0.4) is 0 Å². The number of ketones is 1. The number of aryl methyl sites for hydroxylation is 2. The molecule has 2 aliphatic carbocycles. The van der Waals surface area contributed by atoms with Gasteiger partial charge in [-0.2, -0.15) is 19.2 Å². The lowest BCUT2D eigenvalue weighted by Gasteiger charge is -2.15. The molecular weight excluding hydrogens is 795 g/mol. The maximum absolute atomic E-state index is 11.7. The summed E-state index contributed by atoms with van der Waals surface area (Å²) in [6.45, 7) is 17.4. The molecule has 0 saturated carbocycles. The van der Waals surface area contributed by atoms with Crippen molar-refractivity contribution in [3.05, 3.63) is 177 Å². The molecule has 8 rings (SSSR count). The molecule has 0 spiro atoms. The highest BCUT2D eigenvalue weighted by Gasteiger charge is 2.18. The van der Waals surface area contributed by atoms with Gasteiger partial charge in [0.25, 0.3) is 0 Å². The molecule has 4 aromatic carbocycles. The number of Topliss-reactive ketones (excluding diaryl/α,β-unsaturated/α-hetero) is 1. The quantitative estimate of drug-likeness (QED) is 0.165. The number of rotatable bonds is 5. The molecule has 4 aliphatic rings. The second-order valence-electron chi connectivity index (χ2n) is 14.9. The van der Waals surface area contributed by atoms with Gasteiger partial charge in [-0.05, 0) is 85.3 Å². The zero-order valence-electron chi connectivity index (χ0n) is 36.7. The molecule has 2 aliphatic heterocycles. The van der Waals surface area contributed by atoms with E-state index < -0.39 is 0 Å². The van der Waals surface area contributed by atoms with Gasteiger partial charge in [0, 0.05) is 63.8 Å². The molecule has 0 atom stereocenters.